The van der Waals surface area contributed by atoms with E-state index in [-0.39, 0.29) is 6.61 Å². The summed E-state index contributed by atoms with van der Waals surface area (Å²) in [5, 5.41) is 0. The number of carbonyl (C=O) groups is 2. The maximum atomic E-state index is 11.8. The zero-order chi connectivity index (χ0) is 13.5. The molecule has 2 N–H and O–H groups in total. The van der Waals surface area contributed by atoms with Gasteiger partial charge in [0.05, 0.1) is 18.9 Å². The summed E-state index contributed by atoms with van der Waals surface area (Å²) < 4.78 is 16.6. The average molecular weight is 255 g/mol. The second-order valence-corrected chi connectivity index (χ2v) is 3.62. The molecule has 0 aliphatic heterocycles. The van der Waals surface area contributed by atoms with Crippen molar-refractivity contribution >= 4 is 17.6 Å². The van der Waals surface area contributed by atoms with E-state index in [2.05, 4.69) is 4.94 Å². The van der Waals surface area contributed by atoms with Crippen molar-refractivity contribution in [2.75, 3.05) is 12.3 Å². The average Bonchev–Trinajstić information content (AvgIpc) is 2.37. The molecular formula is C12H14FNO4. The number of hydrogen-bond donors (Lipinski definition) is 1. The van der Waals surface area contributed by atoms with Crippen LogP contribution in [0.1, 0.15) is 24.8 Å². The number of hydrogen-bond acceptors (Lipinski definition) is 5. The van der Waals surface area contributed by atoms with Crippen molar-refractivity contribution in [3.63, 3.8) is 0 Å². The minimum Gasteiger partial charge on any atom is -0.466 e. The van der Waals surface area contributed by atoms with Crippen LogP contribution in [0.3, 0.4) is 0 Å². The molecule has 0 saturated heterocycles. The van der Waals surface area contributed by atoms with Gasteiger partial charge >= 0.3 is 11.9 Å². The molecule has 0 radical (unpaired) electrons. The fourth-order valence-electron chi connectivity index (χ4n) is 1.51. The van der Waals surface area contributed by atoms with E-state index in [9.17, 15) is 14.1 Å². The lowest BCUT2D eigenvalue weighted by atomic mass is 9.95. The highest BCUT2D eigenvalue weighted by Gasteiger charge is 2.26. The third-order valence-corrected chi connectivity index (χ3v) is 2.37. The normalized spacial score (nSPS) is 11.7. The second-order valence-electron chi connectivity index (χ2n) is 3.62. The van der Waals surface area contributed by atoms with Gasteiger partial charge < -0.3 is 10.5 Å². The molecule has 0 aliphatic rings. The molecular weight excluding hydrogens is 241 g/mol. The first-order chi connectivity index (χ1) is 8.58. The van der Waals surface area contributed by atoms with Crippen molar-refractivity contribution in [1.29, 1.82) is 0 Å². The molecule has 0 saturated carbocycles. The number of esters is 1. The topological polar surface area (TPSA) is 78.6 Å². The molecule has 5 nitrogen and oxygen atoms in total. The molecule has 0 fully saturated rings. The predicted molar refractivity (Wildman–Crippen MR) is 62.0 cm³/mol. The van der Waals surface area contributed by atoms with Gasteiger partial charge in [0.2, 0.25) is 0 Å². The standard InChI is InChI=1S/C12H14FNO4/c1-2-17-12(16)10(7-11(15)18-13)8-3-5-9(14)6-4-8/h3-6,10H,2,7,14H2,1H3. The Kier molecular flexibility index (Phi) is 5.10. The number of anilines is 1. The van der Waals surface area contributed by atoms with Crippen LogP contribution < -0.4 is 5.73 Å². The Balaban J connectivity index is 2.92. The van der Waals surface area contributed by atoms with Gasteiger partial charge in [0.25, 0.3) is 0 Å². The molecule has 0 aliphatic carbocycles. The Morgan fingerprint density at radius 3 is 2.44 bits per heavy atom. The Bertz CT molecular complexity index is 419. The van der Waals surface area contributed by atoms with Gasteiger partial charge in [0.15, 0.2) is 0 Å². The molecule has 98 valence electrons. The van der Waals surface area contributed by atoms with Gasteiger partial charge in [-0.15, -0.1) is 0 Å². The van der Waals surface area contributed by atoms with Crippen LogP contribution in [0, 0.1) is 0 Å². The molecule has 18 heavy (non-hydrogen) atoms. The molecule has 1 rings (SSSR count). The molecule has 6 heteroatoms. The predicted octanol–water partition coefficient (Wildman–Crippen LogP) is 1.73. The smallest absolute Gasteiger partial charge is 0.350 e. The van der Waals surface area contributed by atoms with E-state index in [4.69, 9.17) is 10.5 Å². The lowest BCUT2D eigenvalue weighted by Gasteiger charge is -2.14. The zero-order valence-corrected chi connectivity index (χ0v) is 9.89. The highest BCUT2D eigenvalue weighted by molar-refractivity contribution is 5.84. The van der Waals surface area contributed by atoms with Gasteiger partial charge in [-0.3, -0.25) is 9.74 Å². The van der Waals surface area contributed by atoms with Crippen LogP contribution in [-0.2, 0) is 19.3 Å². The molecule has 0 amide bonds. The maximum absolute atomic E-state index is 11.8. The van der Waals surface area contributed by atoms with Crippen molar-refractivity contribution in [3.8, 4) is 0 Å². The van der Waals surface area contributed by atoms with Crippen molar-refractivity contribution in [2.24, 2.45) is 0 Å². The summed E-state index contributed by atoms with van der Waals surface area (Å²) >= 11 is 0. The lowest BCUT2D eigenvalue weighted by Crippen LogP contribution is -2.19. The quantitative estimate of drug-likeness (QED) is 0.640. The van der Waals surface area contributed by atoms with Crippen LogP contribution >= 0.6 is 0 Å². The Labute approximate surface area is 104 Å². The Hall–Kier alpha value is -2.11. The summed E-state index contributed by atoms with van der Waals surface area (Å²) in [6.45, 7) is 1.82. The van der Waals surface area contributed by atoms with Gasteiger partial charge in [-0.1, -0.05) is 12.1 Å². The van der Waals surface area contributed by atoms with Gasteiger partial charge in [-0.25, -0.2) is 4.79 Å². The number of halogens is 1. The molecule has 0 bridgehead atoms. The highest BCUT2D eigenvalue weighted by atomic mass is 19.3. The number of carbonyl (C=O) groups excluding carboxylic acids is 2. The van der Waals surface area contributed by atoms with Gasteiger partial charge in [0.1, 0.15) is 0 Å². The number of rotatable bonds is 5. The molecule has 1 aromatic rings. The van der Waals surface area contributed by atoms with Gasteiger partial charge in [-0.05, 0) is 24.6 Å². The number of ether oxygens (including phenoxy) is 1. The molecule has 0 heterocycles. The number of benzene rings is 1. The van der Waals surface area contributed by atoms with Crippen molar-refractivity contribution in [3.05, 3.63) is 29.8 Å². The first kappa shape index (κ1) is 14.0. The van der Waals surface area contributed by atoms with Gasteiger partial charge in [-0.2, -0.15) is 0 Å². The SMILES string of the molecule is CCOC(=O)C(CC(=O)OF)c1ccc(N)cc1. The largest absolute Gasteiger partial charge is 0.466 e. The van der Waals surface area contributed by atoms with E-state index >= 15 is 0 Å². The lowest BCUT2D eigenvalue weighted by molar-refractivity contribution is -0.185. The zero-order valence-electron chi connectivity index (χ0n) is 9.89. The fraction of sp³-hybridized carbons (Fsp3) is 0.333. The molecule has 0 aromatic heterocycles. The molecule has 1 unspecified atom stereocenters. The number of nitrogens with two attached hydrogens (primary N) is 1. The van der Waals surface area contributed by atoms with Crippen molar-refractivity contribution in [1.82, 2.24) is 0 Å². The number of nitrogen functional groups attached to an aromatic ring is 1. The summed E-state index contributed by atoms with van der Waals surface area (Å²) in [5.41, 5.74) is 6.57. The van der Waals surface area contributed by atoms with Crippen LogP contribution in [0.5, 0.6) is 0 Å². The Morgan fingerprint density at radius 1 is 1.33 bits per heavy atom. The molecule has 1 atom stereocenters. The van der Waals surface area contributed by atoms with E-state index in [1.54, 1.807) is 31.2 Å². The van der Waals surface area contributed by atoms with E-state index in [0.717, 1.165) is 0 Å². The van der Waals surface area contributed by atoms with Crippen LogP contribution in [-0.4, -0.2) is 18.5 Å². The minimum atomic E-state index is -1.12. The fourth-order valence-corrected chi connectivity index (χ4v) is 1.51. The summed E-state index contributed by atoms with van der Waals surface area (Å²) in [5.74, 6) is -2.62. The molecule has 0 spiro atoms. The molecule has 1 aromatic carbocycles. The summed E-state index contributed by atoms with van der Waals surface area (Å²) in [6, 6.07) is 6.34. The highest BCUT2D eigenvalue weighted by Crippen LogP contribution is 2.23. The second kappa shape index (κ2) is 6.58. The summed E-state index contributed by atoms with van der Waals surface area (Å²) in [6.07, 6.45) is -0.417. The van der Waals surface area contributed by atoms with Crippen LogP contribution in [0.2, 0.25) is 0 Å². The van der Waals surface area contributed by atoms with Crippen LogP contribution in [0.4, 0.5) is 10.2 Å². The van der Waals surface area contributed by atoms with E-state index < -0.39 is 24.3 Å². The van der Waals surface area contributed by atoms with Crippen molar-refractivity contribution < 1.29 is 23.8 Å². The van der Waals surface area contributed by atoms with E-state index in [1.165, 1.54) is 0 Å². The van der Waals surface area contributed by atoms with Crippen LogP contribution in [0.15, 0.2) is 24.3 Å². The summed E-state index contributed by atoms with van der Waals surface area (Å²) in [7, 11) is 0. The first-order valence-electron chi connectivity index (χ1n) is 5.42. The van der Waals surface area contributed by atoms with E-state index in [1.807, 2.05) is 0 Å². The van der Waals surface area contributed by atoms with Gasteiger partial charge in [0, 0.05) is 10.2 Å². The third-order valence-electron chi connectivity index (χ3n) is 2.37. The Morgan fingerprint density at radius 2 is 1.94 bits per heavy atom. The first-order valence-corrected chi connectivity index (χ1v) is 5.42. The van der Waals surface area contributed by atoms with Crippen LogP contribution in [0.25, 0.3) is 0 Å². The van der Waals surface area contributed by atoms with Crippen molar-refractivity contribution in [2.45, 2.75) is 19.3 Å². The summed E-state index contributed by atoms with van der Waals surface area (Å²) in [4.78, 5) is 25.7. The minimum absolute atomic E-state index is 0.176. The third kappa shape index (κ3) is 3.73. The van der Waals surface area contributed by atoms with E-state index in [0.29, 0.717) is 11.3 Å². The monoisotopic (exact) mass is 255 g/mol. The maximum Gasteiger partial charge on any atom is 0.350 e.